The van der Waals surface area contributed by atoms with Gasteiger partial charge in [-0.25, -0.2) is 4.57 Å². The molecule has 0 heterocycles. The van der Waals surface area contributed by atoms with Gasteiger partial charge in [-0.2, -0.15) is 0 Å². The van der Waals surface area contributed by atoms with E-state index in [1.807, 2.05) is 27.2 Å². The van der Waals surface area contributed by atoms with Gasteiger partial charge >= 0.3 is 7.82 Å². The molecule has 0 aliphatic rings. The van der Waals surface area contributed by atoms with Crippen LogP contribution in [0.3, 0.4) is 0 Å². The van der Waals surface area contributed by atoms with Crippen molar-refractivity contribution >= 4 is 13.7 Å². The van der Waals surface area contributed by atoms with E-state index in [4.69, 9.17) is 9.05 Å². The van der Waals surface area contributed by atoms with Crippen LogP contribution >= 0.6 is 7.82 Å². The summed E-state index contributed by atoms with van der Waals surface area (Å²) >= 11 is 0. The number of quaternary nitrogens is 1. The van der Waals surface area contributed by atoms with Crippen molar-refractivity contribution in [2.24, 2.45) is 0 Å². The Morgan fingerprint density at radius 3 is 1.72 bits per heavy atom. The van der Waals surface area contributed by atoms with Crippen LogP contribution < -0.4 is 5.32 Å². The van der Waals surface area contributed by atoms with Crippen molar-refractivity contribution in [1.82, 2.24) is 5.32 Å². The van der Waals surface area contributed by atoms with Crippen LogP contribution in [0.5, 0.6) is 0 Å². The molecule has 0 spiro atoms. The Labute approximate surface area is 265 Å². The maximum absolute atomic E-state index is 12.7. The van der Waals surface area contributed by atoms with Gasteiger partial charge in [0.15, 0.2) is 0 Å². The summed E-state index contributed by atoms with van der Waals surface area (Å²) in [5.41, 5.74) is 0. The molecule has 0 saturated heterocycles. The Balaban J connectivity index is 4.45. The summed E-state index contributed by atoms with van der Waals surface area (Å²) < 4.78 is 23.3. The maximum atomic E-state index is 12.7. The number of nitrogens with zero attached hydrogens (tertiary/aromatic N) is 1. The van der Waals surface area contributed by atoms with Crippen LogP contribution in [-0.4, -0.2) is 73.4 Å². The molecule has 256 valence electrons. The van der Waals surface area contributed by atoms with Gasteiger partial charge < -0.3 is 19.8 Å². The molecule has 0 aromatic carbocycles. The summed E-state index contributed by atoms with van der Waals surface area (Å²) in [7, 11) is 1.57. The summed E-state index contributed by atoms with van der Waals surface area (Å²) in [6.07, 6.45) is 27.1. The molecule has 43 heavy (non-hydrogen) atoms. The molecule has 0 aliphatic carbocycles. The number of phosphoric ester groups is 1. The third-order valence-electron chi connectivity index (χ3n) is 7.76. The molecule has 3 unspecified atom stereocenters. The Hall–Kier alpha value is -0.760. The van der Waals surface area contributed by atoms with Gasteiger partial charge in [0, 0.05) is 6.42 Å². The highest BCUT2D eigenvalue weighted by molar-refractivity contribution is 7.47. The maximum Gasteiger partial charge on any atom is 0.472 e. The largest absolute Gasteiger partial charge is 0.472 e. The molecule has 0 fully saturated rings. The lowest BCUT2D eigenvalue weighted by atomic mass is 10.0. The van der Waals surface area contributed by atoms with E-state index in [9.17, 15) is 19.4 Å². The van der Waals surface area contributed by atoms with E-state index in [1.165, 1.54) is 89.9 Å². The number of likely N-dealkylation sites (N-methyl/N-ethyl adjacent to an activating group) is 1. The molecule has 1 amide bonds. The van der Waals surface area contributed by atoms with Crippen LogP contribution in [0, 0.1) is 0 Å². The zero-order chi connectivity index (χ0) is 32.2. The Morgan fingerprint density at radius 2 is 1.23 bits per heavy atom. The molecule has 9 heteroatoms. The van der Waals surface area contributed by atoms with E-state index in [0.29, 0.717) is 17.4 Å². The fraction of sp³-hybridized carbons (Fsp3) is 0.912. The third-order valence-corrected chi connectivity index (χ3v) is 8.74. The van der Waals surface area contributed by atoms with Crippen LogP contribution in [0.4, 0.5) is 0 Å². The lowest BCUT2D eigenvalue weighted by Gasteiger charge is -2.25. The monoisotopic (exact) mass is 633 g/mol. The molecular weight excluding hydrogens is 563 g/mol. The SMILES string of the molecule is CCCCCCC/C=C/C(O)C(COP(=O)(O)OCC[N+](C)(C)C)NC(=O)CCCCCCCCCCCCCCCC. The molecule has 0 aromatic rings. The predicted octanol–water partition coefficient (Wildman–Crippen LogP) is 8.46. The summed E-state index contributed by atoms with van der Waals surface area (Å²) in [6.45, 7) is 4.73. The Bertz CT molecular complexity index is 728. The summed E-state index contributed by atoms with van der Waals surface area (Å²) in [5, 5.41) is 13.6. The van der Waals surface area contributed by atoms with E-state index >= 15 is 0 Å². The van der Waals surface area contributed by atoms with Crippen LogP contribution in [0.2, 0.25) is 0 Å². The topological polar surface area (TPSA) is 105 Å². The molecular formula is C34H70N2O6P+. The minimum Gasteiger partial charge on any atom is -0.387 e. The van der Waals surface area contributed by atoms with Crippen LogP contribution in [0.1, 0.15) is 149 Å². The van der Waals surface area contributed by atoms with Gasteiger partial charge in [-0.3, -0.25) is 13.8 Å². The first-order chi connectivity index (χ1) is 20.5. The number of carbonyl (C=O) groups is 1. The minimum atomic E-state index is -4.31. The molecule has 0 bridgehead atoms. The molecule has 8 nitrogen and oxygen atoms in total. The number of amides is 1. The number of hydrogen-bond acceptors (Lipinski definition) is 5. The standard InChI is InChI=1S/C34H69N2O6P/c1-6-8-10-12-14-15-16-17-18-19-20-22-24-26-28-34(38)35-32(33(37)27-25-23-21-13-11-9-7-2)31-42-43(39,40)41-30-29-36(3,4)5/h25,27,32-33,37H,6-24,26,28-31H2,1-5H3,(H-,35,38,39,40)/p+1/b27-25+. The lowest BCUT2D eigenvalue weighted by molar-refractivity contribution is -0.870. The number of phosphoric acid groups is 1. The zero-order valence-electron chi connectivity index (χ0n) is 28.7. The first-order valence-corrected chi connectivity index (χ1v) is 19.1. The van der Waals surface area contributed by atoms with Gasteiger partial charge in [-0.1, -0.05) is 135 Å². The molecule has 0 saturated carbocycles. The first-order valence-electron chi connectivity index (χ1n) is 17.6. The average molecular weight is 634 g/mol. The van der Waals surface area contributed by atoms with Crippen LogP contribution in [-0.2, 0) is 18.4 Å². The lowest BCUT2D eigenvalue weighted by Crippen LogP contribution is -2.45. The van der Waals surface area contributed by atoms with Crippen molar-refractivity contribution in [3.63, 3.8) is 0 Å². The zero-order valence-corrected chi connectivity index (χ0v) is 29.6. The molecule has 0 radical (unpaired) electrons. The number of aliphatic hydroxyl groups excluding tert-OH is 1. The third kappa shape index (κ3) is 29.7. The number of rotatable bonds is 31. The van der Waals surface area contributed by atoms with Gasteiger partial charge in [0.2, 0.25) is 5.91 Å². The Morgan fingerprint density at radius 1 is 0.767 bits per heavy atom. The number of hydrogen-bond donors (Lipinski definition) is 3. The highest BCUT2D eigenvalue weighted by Crippen LogP contribution is 2.43. The Kier molecular flexibility index (Phi) is 27.1. The number of aliphatic hydroxyl groups is 1. The number of carbonyl (C=O) groups excluding carboxylic acids is 1. The molecule has 0 aliphatic heterocycles. The molecule has 0 rings (SSSR count). The van der Waals surface area contributed by atoms with E-state index in [-0.39, 0.29) is 19.1 Å². The summed E-state index contributed by atoms with van der Waals surface area (Å²) in [5.74, 6) is -0.182. The van der Waals surface area contributed by atoms with E-state index in [0.717, 1.165) is 38.5 Å². The van der Waals surface area contributed by atoms with Crippen molar-refractivity contribution in [1.29, 1.82) is 0 Å². The smallest absolute Gasteiger partial charge is 0.387 e. The van der Waals surface area contributed by atoms with Crippen molar-refractivity contribution < 1.29 is 32.9 Å². The number of nitrogens with one attached hydrogen (secondary N) is 1. The molecule has 3 atom stereocenters. The van der Waals surface area contributed by atoms with Crippen molar-refractivity contribution in [3.05, 3.63) is 12.2 Å². The normalized spacial score (nSPS) is 15.0. The van der Waals surface area contributed by atoms with Gasteiger partial charge in [0.05, 0.1) is 39.9 Å². The average Bonchev–Trinajstić information content (AvgIpc) is 2.94. The summed E-state index contributed by atoms with van der Waals surface area (Å²) in [6, 6.07) is -0.835. The van der Waals surface area contributed by atoms with Crippen molar-refractivity contribution in [2.75, 3.05) is 40.9 Å². The predicted molar refractivity (Wildman–Crippen MR) is 180 cm³/mol. The molecule has 0 aromatic heterocycles. The van der Waals surface area contributed by atoms with E-state index in [2.05, 4.69) is 19.2 Å². The highest BCUT2D eigenvalue weighted by atomic mass is 31.2. The van der Waals surface area contributed by atoms with E-state index in [1.54, 1.807) is 6.08 Å². The molecule has 3 N–H and O–H groups in total. The summed E-state index contributed by atoms with van der Waals surface area (Å²) in [4.78, 5) is 22.8. The fourth-order valence-electron chi connectivity index (χ4n) is 4.86. The van der Waals surface area contributed by atoms with Crippen LogP contribution in [0.25, 0.3) is 0 Å². The van der Waals surface area contributed by atoms with E-state index < -0.39 is 20.0 Å². The van der Waals surface area contributed by atoms with Crippen molar-refractivity contribution in [2.45, 2.75) is 161 Å². The first kappa shape index (κ1) is 42.2. The van der Waals surface area contributed by atoms with Crippen molar-refractivity contribution in [3.8, 4) is 0 Å². The second kappa shape index (κ2) is 27.5. The van der Waals surface area contributed by atoms with Gasteiger partial charge in [-0.05, 0) is 19.3 Å². The number of allylic oxidation sites excluding steroid dienone is 1. The highest BCUT2D eigenvalue weighted by Gasteiger charge is 2.27. The fourth-order valence-corrected chi connectivity index (χ4v) is 5.60. The van der Waals surface area contributed by atoms with Gasteiger partial charge in [0.25, 0.3) is 0 Å². The van der Waals surface area contributed by atoms with Gasteiger partial charge in [-0.15, -0.1) is 0 Å². The quantitative estimate of drug-likeness (QED) is 0.0306. The second-order valence-electron chi connectivity index (χ2n) is 13.3. The number of unbranched alkanes of at least 4 members (excludes halogenated alkanes) is 18. The van der Waals surface area contributed by atoms with Gasteiger partial charge in [0.1, 0.15) is 13.2 Å². The minimum absolute atomic E-state index is 0.0634. The van der Waals surface area contributed by atoms with Crippen LogP contribution in [0.15, 0.2) is 12.2 Å². The second-order valence-corrected chi connectivity index (χ2v) is 14.7.